The van der Waals surface area contributed by atoms with E-state index >= 15 is 0 Å². The molecule has 0 amide bonds. The van der Waals surface area contributed by atoms with Crippen LogP contribution in [0.1, 0.15) is 38.5 Å². The van der Waals surface area contributed by atoms with Crippen LogP contribution in [0, 0.1) is 0 Å². The van der Waals surface area contributed by atoms with E-state index in [9.17, 15) is 9.59 Å². The smallest absolute Gasteiger partial charge is 0.332 e. The van der Waals surface area contributed by atoms with E-state index in [-0.39, 0.29) is 17.3 Å². The first-order chi connectivity index (χ1) is 11.5. The van der Waals surface area contributed by atoms with Crippen LogP contribution < -0.4 is 11.2 Å². The van der Waals surface area contributed by atoms with Crippen LogP contribution >= 0.6 is 0 Å². The molecule has 3 aromatic heterocycles. The molecule has 8 nitrogen and oxygen atoms in total. The predicted octanol–water partition coefficient (Wildman–Crippen LogP) is 1.49. The molecule has 24 heavy (non-hydrogen) atoms. The van der Waals surface area contributed by atoms with Gasteiger partial charge in [0.25, 0.3) is 5.56 Å². The Labute approximate surface area is 138 Å². The normalized spacial score (nSPS) is 11.7. The van der Waals surface area contributed by atoms with Gasteiger partial charge in [0.15, 0.2) is 11.2 Å². The summed E-state index contributed by atoms with van der Waals surface area (Å²) < 4.78 is 9.58. The third kappa shape index (κ3) is 2.79. The summed E-state index contributed by atoms with van der Waals surface area (Å²) in [7, 11) is 1.65. The number of aromatic nitrogens is 5. The maximum Gasteiger partial charge on any atom is 0.332 e. The van der Waals surface area contributed by atoms with Gasteiger partial charge in [-0.2, -0.15) is 0 Å². The number of nitrogens with zero attached hydrogens (tertiary/aromatic N) is 5. The highest BCUT2D eigenvalue weighted by Gasteiger charge is 2.17. The molecule has 128 valence electrons. The summed E-state index contributed by atoms with van der Waals surface area (Å²) in [6.45, 7) is 4.33. The van der Waals surface area contributed by atoms with Gasteiger partial charge >= 0.3 is 5.69 Å². The van der Waals surface area contributed by atoms with Crippen molar-refractivity contribution in [2.75, 3.05) is 0 Å². The van der Waals surface area contributed by atoms with Crippen molar-refractivity contribution in [1.82, 2.24) is 23.8 Å². The maximum absolute atomic E-state index is 12.8. The Morgan fingerprint density at radius 2 is 2.04 bits per heavy atom. The molecule has 0 aromatic carbocycles. The van der Waals surface area contributed by atoms with Gasteiger partial charge < -0.3 is 9.09 Å². The molecule has 0 saturated carbocycles. The van der Waals surface area contributed by atoms with E-state index in [0.717, 1.165) is 18.6 Å². The lowest BCUT2D eigenvalue weighted by atomic mass is 10.2. The number of unbranched alkanes of at least 4 members (excludes halogenated alkanes) is 1. The third-order valence-corrected chi connectivity index (χ3v) is 4.16. The van der Waals surface area contributed by atoms with Crippen LogP contribution in [-0.4, -0.2) is 23.8 Å². The minimum absolute atomic E-state index is 0.0973. The number of hydrogen-bond acceptors (Lipinski definition) is 5. The van der Waals surface area contributed by atoms with Crippen molar-refractivity contribution in [3.63, 3.8) is 0 Å². The van der Waals surface area contributed by atoms with Crippen molar-refractivity contribution in [2.45, 2.75) is 45.7 Å². The zero-order chi connectivity index (χ0) is 17.3. The van der Waals surface area contributed by atoms with E-state index in [1.54, 1.807) is 19.6 Å². The zero-order valence-corrected chi connectivity index (χ0v) is 14.1. The summed E-state index contributed by atoms with van der Waals surface area (Å²) in [5.41, 5.74) is 0.291. The van der Waals surface area contributed by atoms with Crippen LogP contribution in [0.2, 0.25) is 0 Å². The molecule has 3 rings (SSSR count). The van der Waals surface area contributed by atoms with Crippen LogP contribution in [0.5, 0.6) is 0 Å². The molecule has 0 saturated heterocycles. The van der Waals surface area contributed by atoms with Crippen LogP contribution in [0.3, 0.4) is 0 Å². The number of aryl methyl sites for hydroxylation is 2. The summed E-state index contributed by atoms with van der Waals surface area (Å²) in [4.78, 5) is 29.5. The largest absolute Gasteiger partial charge is 0.361 e. The number of hydrogen-bond donors (Lipinski definition) is 0. The van der Waals surface area contributed by atoms with Crippen molar-refractivity contribution >= 4 is 11.2 Å². The summed E-state index contributed by atoms with van der Waals surface area (Å²) in [6, 6.07) is 1.92. The molecule has 0 spiro atoms. The fourth-order valence-corrected chi connectivity index (χ4v) is 2.82. The van der Waals surface area contributed by atoms with Gasteiger partial charge in [-0.3, -0.25) is 13.9 Å². The summed E-state index contributed by atoms with van der Waals surface area (Å²) in [5, 5.41) is 3.66. The van der Waals surface area contributed by atoms with Crippen molar-refractivity contribution in [1.29, 1.82) is 0 Å². The minimum Gasteiger partial charge on any atom is -0.361 e. The highest BCUT2D eigenvalue weighted by Crippen LogP contribution is 2.12. The average Bonchev–Trinajstić information content (AvgIpc) is 3.21. The third-order valence-electron chi connectivity index (χ3n) is 4.16. The molecule has 3 aromatic rings. The Hall–Kier alpha value is -2.64. The van der Waals surface area contributed by atoms with Gasteiger partial charge in [0.1, 0.15) is 5.76 Å². The molecular formula is C16H21N5O3. The molecule has 0 radical (unpaired) electrons. The Balaban J connectivity index is 1.88. The number of fused-ring (bicyclic) bond motifs is 1. The molecule has 0 aliphatic heterocycles. The van der Waals surface area contributed by atoms with Gasteiger partial charge in [0.05, 0.1) is 12.5 Å². The highest BCUT2D eigenvalue weighted by molar-refractivity contribution is 5.70. The van der Waals surface area contributed by atoms with E-state index in [4.69, 9.17) is 4.52 Å². The molecule has 0 unspecified atom stereocenters. The van der Waals surface area contributed by atoms with Crippen LogP contribution in [0.15, 0.2) is 32.7 Å². The fourth-order valence-electron chi connectivity index (χ4n) is 2.82. The molecule has 0 bridgehead atoms. The molecule has 0 atom stereocenters. The maximum atomic E-state index is 12.8. The summed E-state index contributed by atoms with van der Waals surface area (Å²) >= 11 is 0. The molecule has 3 heterocycles. The summed E-state index contributed by atoms with van der Waals surface area (Å²) in [5.74, 6) is 0.809. The van der Waals surface area contributed by atoms with Gasteiger partial charge in [0.2, 0.25) is 0 Å². The van der Waals surface area contributed by atoms with Crippen molar-refractivity contribution in [3.8, 4) is 0 Å². The first kappa shape index (κ1) is 16.2. The van der Waals surface area contributed by atoms with Gasteiger partial charge in [-0.1, -0.05) is 5.16 Å². The molecular weight excluding hydrogens is 310 g/mol. The average molecular weight is 331 g/mol. The molecule has 0 aliphatic carbocycles. The first-order valence-electron chi connectivity index (χ1n) is 8.06. The second kappa shape index (κ2) is 6.46. The Kier molecular flexibility index (Phi) is 4.37. The quantitative estimate of drug-likeness (QED) is 0.639. The lowest BCUT2D eigenvalue weighted by Crippen LogP contribution is -2.39. The monoisotopic (exact) mass is 331 g/mol. The SMILES string of the molecule is CC(C)n1cnc2c1c(=O)n(CCCCc1ccno1)c(=O)n2C. The Bertz CT molecular complexity index is 947. The number of rotatable bonds is 6. The lowest BCUT2D eigenvalue weighted by molar-refractivity contribution is 0.377. The standard InChI is InChI=1S/C16H21N5O3/c1-11(2)21-10-17-14-13(21)15(22)20(16(23)19(14)3)9-5-4-6-12-7-8-18-24-12/h7-8,10-11H,4-6,9H2,1-3H3. The Morgan fingerprint density at radius 3 is 2.71 bits per heavy atom. The summed E-state index contributed by atoms with van der Waals surface area (Å²) in [6.07, 6.45) is 5.48. The highest BCUT2D eigenvalue weighted by atomic mass is 16.5. The van der Waals surface area contributed by atoms with Crippen LogP contribution in [0.25, 0.3) is 11.2 Å². The van der Waals surface area contributed by atoms with E-state index in [1.165, 1.54) is 9.13 Å². The van der Waals surface area contributed by atoms with Crippen LogP contribution in [-0.2, 0) is 20.0 Å². The van der Waals surface area contributed by atoms with Crippen LogP contribution in [0.4, 0.5) is 0 Å². The van der Waals surface area contributed by atoms with E-state index in [1.807, 2.05) is 24.5 Å². The van der Waals surface area contributed by atoms with Gasteiger partial charge in [-0.15, -0.1) is 0 Å². The minimum atomic E-state index is -0.332. The van der Waals surface area contributed by atoms with Crippen molar-refractivity contribution in [2.24, 2.45) is 7.05 Å². The second-order valence-corrected chi connectivity index (χ2v) is 6.15. The van der Waals surface area contributed by atoms with Gasteiger partial charge in [0, 0.05) is 32.1 Å². The topological polar surface area (TPSA) is 87.8 Å². The van der Waals surface area contributed by atoms with E-state index in [0.29, 0.717) is 24.1 Å². The molecule has 8 heteroatoms. The fraction of sp³-hybridized carbons (Fsp3) is 0.500. The predicted molar refractivity (Wildman–Crippen MR) is 89.1 cm³/mol. The zero-order valence-electron chi connectivity index (χ0n) is 14.1. The van der Waals surface area contributed by atoms with Gasteiger partial charge in [-0.25, -0.2) is 9.78 Å². The van der Waals surface area contributed by atoms with Crippen molar-refractivity contribution < 1.29 is 4.52 Å². The van der Waals surface area contributed by atoms with Crippen molar-refractivity contribution in [3.05, 3.63) is 45.2 Å². The van der Waals surface area contributed by atoms with E-state index in [2.05, 4.69) is 10.1 Å². The Morgan fingerprint density at radius 1 is 1.25 bits per heavy atom. The van der Waals surface area contributed by atoms with E-state index < -0.39 is 0 Å². The second-order valence-electron chi connectivity index (χ2n) is 6.15. The first-order valence-corrected chi connectivity index (χ1v) is 8.06. The van der Waals surface area contributed by atoms with Gasteiger partial charge in [-0.05, 0) is 26.7 Å². The molecule has 0 N–H and O–H groups in total. The lowest BCUT2D eigenvalue weighted by Gasteiger charge is -2.11. The number of imidazole rings is 1. The molecule has 0 fully saturated rings. The molecule has 0 aliphatic rings.